The van der Waals surface area contributed by atoms with Crippen molar-refractivity contribution in [1.29, 1.82) is 0 Å². The Labute approximate surface area is 119 Å². The lowest BCUT2D eigenvalue weighted by atomic mass is 9.76. The summed E-state index contributed by atoms with van der Waals surface area (Å²) in [6.45, 7) is 1.58. The lowest BCUT2D eigenvalue weighted by Gasteiger charge is -2.48. The van der Waals surface area contributed by atoms with Gasteiger partial charge < -0.3 is 14.9 Å². The molecule has 2 amide bonds. The van der Waals surface area contributed by atoms with Gasteiger partial charge in [-0.1, -0.05) is 12.8 Å². The van der Waals surface area contributed by atoms with Crippen LogP contribution in [-0.2, 0) is 4.79 Å². The number of piperidine rings is 1. The minimum atomic E-state index is -0.832. The Balaban J connectivity index is 1.83. The summed E-state index contributed by atoms with van der Waals surface area (Å²) in [6, 6.07) is -0.472. The Kier molecular flexibility index (Phi) is 3.85. The highest BCUT2D eigenvalue weighted by Crippen LogP contribution is 2.38. The molecule has 1 saturated carbocycles. The Morgan fingerprint density at radius 2 is 1.60 bits per heavy atom. The van der Waals surface area contributed by atoms with Crippen LogP contribution in [-0.4, -0.2) is 52.1 Å². The number of nitrogens with zero attached hydrogens (tertiary/aromatic N) is 2. The Morgan fingerprint density at radius 3 is 2.30 bits per heavy atom. The summed E-state index contributed by atoms with van der Waals surface area (Å²) < 4.78 is 0. The molecule has 1 N–H and O–H groups in total. The van der Waals surface area contributed by atoms with Gasteiger partial charge in [0.2, 0.25) is 0 Å². The van der Waals surface area contributed by atoms with Crippen LogP contribution in [0.1, 0.15) is 51.4 Å². The second-order valence-corrected chi connectivity index (χ2v) is 6.43. The van der Waals surface area contributed by atoms with Crippen LogP contribution < -0.4 is 0 Å². The normalized spacial score (nSPS) is 33.9. The lowest BCUT2D eigenvalue weighted by molar-refractivity contribution is -0.146. The number of carboxylic acid groups (broad SMARTS) is 1. The van der Waals surface area contributed by atoms with Crippen molar-refractivity contribution in [1.82, 2.24) is 9.80 Å². The number of carbonyl (C=O) groups excluding carboxylic acids is 1. The SMILES string of the molecule is O=C(O)C1CCC2CCCCC2N1C(=O)N1CCCC1. The second kappa shape index (κ2) is 5.62. The zero-order valence-corrected chi connectivity index (χ0v) is 12.0. The summed E-state index contributed by atoms with van der Waals surface area (Å²) >= 11 is 0. The number of urea groups is 1. The minimum Gasteiger partial charge on any atom is -0.480 e. The third kappa shape index (κ3) is 2.38. The Bertz CT molecular complexity index is 393. The fourth-order valence-corrected chi connectivity index (χ4v) is 4.22. The summed E-state index contributed by atoms with van der Waals surface area (Å²) in [4.78, 5) is 27.9. The van der Waals surface area contributed by atoms with E-state index >= 15 is 0 Å². The summed E-state index contributed by atoms with van der Waals surface area (Å²) in [5.74, 6) is -0.313. The zero-order chi connectivity index (χ0) is 14.1. The maximum atomic E-state index is 12.8. The average Bonchev–Trinajstić information content (AvgIpc) is 2.99. The molecule has 5 heteroatoms. The molecule has 0 bridgehead atoms. The second-order valence-electron chi connectivity index (χ2n) is 6.43. The Morgan fingerprint density at radius 1 is 0.900 bits per heavy atom. The molecule has 0 spiro atoms. The fourth-order valence-electron chi connectivity index (χ4n) is 4.22. The van der Waals surface area contributed by atoms with Gasteiger partial charge in [0.25, 0.3) is 0 Å². The van der Waals surface area contributed by atoms with Gasteiger partial charge in [-0.2, -0.15) is 0 Å². The van der Waals surface area contributed by atoms with E-state index in [2.05, 4.69) is 0 Å². The van der Waals surface area contributed by atoms with Crippen LogP contribution in [0.4, 0.5) is 4.79 Å². The van der Waals surface area contributed by atoms with Gasteiger partial charge in [-0.15, -0.1) is 0 Å². The van der Waals surface area contributed by atoms with E-state index in [1.165, 1.54) is 6.42 Å². The molecule has 20 heavy (non-hydrogen) atoms. The van der Waals surface area contributed by atoms with Gasteiger partial charge >= 0.3 is 12.0 Å². The van der Waals surface area contributed by atoms with Crippen LogP contribution in [0.5, 0.6) is 0 Å². The molecular weight excluding hydrogens is 256 g/mol. The number of rotatable bonds is 1. The van der Waals surface area contributed by atoms with E-state index in [1.807, 2.05) is 4.90 Å². The number of aliphatic carboxylic acids is 1. The van der Waals surface area contributed by atoms with Gasteiger partial charge in [0.05, 0.1) is 0 Å². The molecule has 3 aliphatic rings. The van der Waals surface area contributed by atoms with E-state index in [-0.39, 0.29) is 12.1 Å². The first-order chi connectivity index (χ1) is 9.68. The van der Waals surface area contributed by atoms with Crippen LogP contribution >= 0.6 is 0 Å². The molecule has 0 aromatic heterocycles. The van der Waals surface area contributed by atoms with Crippen molar-refractivity contribution < 1.29 is 14.7 Å². The molecule has 112 valence electrons. The van der Waals surface area contributed by atoms with Crippen LogP contribution in [0.3, 0.4) is 0 Å². The number of carboxylic acids is 1. The van der Waals surface area contributed by atoms with Crippen molar-refractivity contribution in [3.8, 4) is 0 Å². The minimum absolute atomic E-state index is 0.0218. The lowest BCUT2D eigenvalue weighted by Crippen LogP contribution is -2.60. The van der Waals surface area contributed by atoms with Gasteiger partial charge in [-0.05, 0) is 44.4 Å². The highest BCUT2D eigenvalue weighted by Gasteiger charge is 2.45. The molecule has 3 atom stereocenters. The van der Waals surface area contributed by atoms with Gasteiger partial charge in [0.15, 0.2) is 0 Å². The Hall–Kier alpha value is -1.26. The quantitative estimate of drug-likeness (QED) is 0.801. The van der Waals surface area contributed by atoms with Crippen molar-refractivity contribution in [3.63, 3.8) is 0 Å². The van der Waals surface area contributed by atoms with E-state index in [1.54, 1.807) is 4.90 Å². The van der Waals surface area contributed by atoms with E-state index in [9.17, 15) is 14.7 Å². The largest absolute Gasteiger partial charge is 0.480 e. The van der Waals surface area contributed by atoms with Crippen molar-refractivity contribution in [2.45, 2.75) is 63.5 Å². The van der Waals surface area contributed by atoms with Gasteiger partial charge in [0.1, 0.15) is 6.04 Å². The number of hydrogen-bond donors (Lipinski definition) is 1. The zero-order valence-electron chi connectivity index (χ0n) is 12.0. The predicted octanol–water partition coefficient (Wildman–Crippen LogP) is 2.31. The third-order valence-corrected chi connectivity index (χ3v) is 5.26. The molecule has 2 saturated heterocycles. The first-order valence-electron chi connectivity index (χ1n) is 7.98. The molecular formula is C15H24N2O3. The maximum absolute atomic E-state index is 12.8. The van der Waals surface area contributed by atoms with E-state index in [0.717, 1.165) is 51.6 Å². The highest BCUT2D eigenvalue weighted by molar-refractivity contribution is 5.83. The number of amides is 2. The highest BCUT2D eigenvalue weighted by atomic mass is 16.4. The molecule has 0 aromatic carbocycles. The first-order valence-corrected chi connectivity index (χ1v) is 7.98. The van der Waals surface area contributed by atoms with Crippen molar-refractivity contribution >= 4 is 12.0 Å². The predicted molar refractivity (Wildman–Crippen MR) is 74.4 cm³/mol. The van der Waals surface area contributed by atoms with Crippen LogP contribution in [0.2, 0.25) is 0 Å². The van der Waals surface area contributed by atoms with Crippen LogP contribution in [0, 0.1) is 5.92 Å². The average molecular weight is 280 g/mol. The van der Waals surface area contributed by atoms with Crippen LogP contribution in [0.25, 0.3) is 0 Å². The third-order valence-electron chi connectivity index (χ3n) is 5.26. The number of hydrogen-bond acceptors (Lipinski definition) is 2. The summed E-state index contributed by atoms with van der Waals surface area (Å²) in [7, 11) is 0. The monoisotopic (exact) mass is 280 g/mol. The molecule has 3 fully saturated rings. The first kappa shape index (κ1) is 13.7. The van der Waals surface area contributed by atoms with Crippen molar-refractivity contribution in [2.24, 2.45) is 5.92 Å². The smallest absolute Gasteiger partial charge is 0.326 e. The fraction of sp³-hybridized carbons (Fsp3) is 0.867. The topological polar surface area (TPSA) is 60.9 Å². The molecule has 2 aliphatic heterocycles. The standard InChI is InChI=1S/C15H24N2O3/c18-14(19)13-8-7-11-5-1-2-6-12(11)17(13)15(20)16-9-3-4-10-16/h11-13H,1-10H2,(H,18,19). The molecule has 5 nitrogen and oxygen atoms in total. The molecule has 3 unspecified atom stereocenters. The van der Waals surface area contributed by atoms with E-state index < -0.39 is 12.0 Å². The van der Waals surface area contributed by atoms with Gasteiger partial charge in [0, 0.05) is 19.1 Å². The van der Waals surface area contributed by atoms with Crippen molar-refractivity contribution in [2.75, 3.05) is 13.1 Å². The van der Waals surface area contributed by atoms with Gasteiger partial charge in [-0.25, -0.2) is 9.59 Å². The summed E-state index contributed by atoms with van der Waals surface area (Å²) in [5, 5.41) is 9.48. The molecule has 1 aliphatic carbocycles. The molecule has 0 radical (unpaired) electrons. The van der Waals surface area contributed by atoms with Crippen LogP contribution in [0.15, 0.2) is 0 Å². The molecule has 2 heterocycles. The van der Waals surface area contributed by atoms with Gasteiger partial charge in [-0.3, -0.25) is 0 Å². The maximum Gasteiger partial charge on any atom is 0.326 e. The van der Waals surface area contributed by atoms with E-state index in [0.29, 0.717) is 12.3 Å². The summed E-state index contributed by atoms with van der Waals surface area (Å²) in [6.07, 6.45) is 8.16. The van der Waals surface area contributed by atoms with E-state index in [4.69, 9.17) is 0 Å². The molecule has 3 rings (SSSR count). The van der Waals surface area contributed by atoms with Crippen molar-refractivity contribution in [3.05, 3.63) is 0 Å². The number of likely N-dealkylation sites (tertiary alicyclic amines) is 2. The number of fused-ring (bicyclic) bond motifs is 1. The molecule has 0 aromatic rings. The summed E-state index contributed by atoms with van der Waals surface area (Å²) in [5.41, 5.74) is 0. The number of carbonyl (C=O) groups is 2.